The number of hydrogen-bond donors (Lipinski definition) is 0. The summed E-state index contributed by atoms with van der Waals surface area (Å²) in [7, 11) is 0. The van der Waals surface area contributed by atoms with Gasteiger partial charge in [0.15, 0.2) is 11.5 Å². The molecule has 1 fully saturated rings. The summed E-state index contributed by atoms with van der Waals surface area (Å²) in [6, 6.07) is 25.2. The summed E-state index contributed by atoms with van der Waals surface area (Å²) in [5.74, 6) is 1.98. The van der Waals surface area contributed by atoms with Crippen LogP contribution >= 0.6 is 0 Å². The molecule has 1 amide bonds. The lowest BCUT2D eigenvalue weighted by atomic mass is 10.1. The van der Waals surface area contributed by atoms with E-state index in [0.29, 0.717) is 56.6 Å². The van der Waals surface area contributed by atoms with E-state index in [9.17, 15) is 4.79 Å². The molecule has 0 saturated carbocycles. The van der Waals surface area contributed by atoms with Crippen LogP contribution in [0.5, 0.6) is 17.2 Å². The molecule has 0 N–H and O–H groups in total. The number of likely N-dealkylation sites (tertiary alicyclic amines) is 1. The summed E-state index contributed by atoms with van der Waals surface area (Å²) in [6.45, 7) is 5.15. The van der Waals surface area contributed by atoms with Gasteiger partial charge in [-0.15, -0.1) is 0 Å². The summed E-state index contributed by atoms with van der Waals surface area (Å²) in [5.41, 5.74) is 1.77. The van der Waals surface area contributed by atoms with Crippen molar-refractivity contribution in [2.24, 2.45) is 0 Å². The van der Waals surface area contributed by atoms with Gasteiger partial charge in [0.25, 0.3) is 5.91 Å². The number of nitrogens with zero attached hydrogens (tertiary/aromatic N) is 1. The van der Waals surface area contributed by atoms with Crippen molar-refractivity contribution in [1.29, 1.82) is 0 Å². The van der Waals surface area contributed by atoms with Crippen LogP contribution in [0.1, 0.15) is 35.7 Å². The number of ether oxygens (including phenoxy) is 4. The molecular weight excluding hydrogens is 442 g/mol. The van der Waals surface area contributed by atoms with Crippen molar-refractivity contribution >= 4 is 5.91 Å². The van der Waals surface area contributed by atoms with E-state index in [1.807, 2.05) is 60.4 Å². The van der Waals surface area contributed by atoms with Crippen LogP contribution in [0.4, 0.5) is 0 Å². The van der Waals surface area contributed by atoms with Crippen molar-refractivity contribution in [3.63, 3.8) is 0 Å². The fourth-order valence-electron chi connectivity index (χ4n) is 4.05. The van der Waals surface area contributed by atoms with Crippen LogP contribution < -0.4 is 14.2 Å². The highest BCUT2D eigenvalue weighted by molar-refractivity contribution is 5.95. The van der Waals surface area contributed by atoms with Gasteiger partial charge in [-0.05, 0) is 55.7 Å². The fraction of sp³-hybridized carbons (Fsp3) is 0.345. The number of amides is 1. The molecule has 6 heteroatoms. The number of benzene rings is 3. The zero-order valence-electron chi connectivity index (χ0n) is 20.2. The molecule has 0 spiro atoms. The molecule has 0 bridgehead atoms. The predicted octanol–water partition coefficient (Wildman–Crippen LogP) is 5.36. The first-order chi connectivity index (χ1) is 17.2. The molecule has 1 aliphatic heterocycles. The first-order valence-electron chi connectivity index (χ1n) is 12.2. The Kier molecular flexibility index (Phi) is 9.01. The lowest BCUT2D eigenvalue weighted by molar-refractivity contribution is -0.000389. The van der Waals surface area contributed by atoms with Gasteiger partial charge in [-0.2, -0.15) is 0 Å². The normalized spacial score (nSPS) is 13.9. The van der Waals surface area contributed by atoms with Gasteiger partial charge in [0.1, 0.15) is 19.0 Å². The van der Waals surface area contributed by atoms with Crippen LogP contribution in [0.15, 0.2) is 78.9 Å². The topological polar surface area (TPSA) is 57.2 Å². The Balaban J connectivity index is 1.27. The van der Waals surface area contributed by atoms with E-state index in [1.54, 1.807) is 18.2 Å². The Hall–Kier alpha value is -3.51. The fourth-order valence-corrected chi connectivity index (χ4v) is 4.05. The summed E-state index contributed by atoms with van der Waals surface area (Å²) >= 11 is 0. The monoisotopic (exact) mass is 475 g/mol. The van der Waals surface area contributed by atoms with Crippen LogP contribution in [-0.2, 0) is 11.3 Å². The number of carbonyl (C=O) groups excluding carboxylic acids is 1. The van der Waals surface area contributed by atoms with Gasteiger partial charge < -0.3 is 23.8 Å². The van der Waals surface area contributed by atoms with Gasteiger partial charge in [-0.3, -0.25) is 4.79 Å². The standard InChI is InChI=1S/C29H33NO5/c1-2-32-28-21-24(13-14-27(28)34-20-19-33-25-11-7-4-8-12-25)29(31)30-17-15-26(16-18-30)35-22-23-9-5-3-6-10-23/h3-14,21,26H,2,15-20,22H2,1H3. The van der Waals surface area contributed by atoms with Crippen LogP contribution in [0.25, 0.3) is 0 Å². The maximum Gasteiger partial charge on any atom is 0.253 e. The molecule has 0 aliphatic carbocycles. The van der Waals surface area contributed by atoms with Crippen LogP contribution in [0.3, 0.4) is 0 Å². The van der Waals surface area contributed by atoms with Crippen molar-refractivity contribution in [3.05, 3.63) is 90.0 Å². The smallest absolute Gasteiger partial charge is 0.253 e. The van der Waals surface area contributed by atoms with Crippen molar-refractivity contribution in [2.45, 2.75) is 32.5 Å². The van der Waals surface area contributed by atoms with E-state index in [0.717, 1.165) is 18.6 Å². The molecule has 35 heavy (non-hydrogen) atoms. The number of para-hydroxylation sites is 1. The highest BCUT2D eigenvalue weighted by Crippen LogP contribution is 2.29. The molecule has 4 rings (SSSR count). The molecule has 1 aliphatic rings. The Morgan fingerprint density at radius 2 is 1.51 bits per heavy atom. The lowest BCUT2D eigenvalue weighted by Gasteiger charge is -2.32. The van der Waals surface area contributed by atoms with Gasteiger partial charge in [0.05, 0.1) is 19.3 Å². The van der Waals surface area contributed by atoms with Gasteiger partial charge in [0, 0.05) is 18.7 Å². The van der Waals surface area contributed by atoms with Crippen LogP contribution in [-0.4, -0.2) is 49.8 Å². The minimum atomic E-state index is 0.00595. The van der Waals surface area contributed by atoms with Gasteiger partial charge >= 0.3 is 0 Å². The zero-order valence-corrected chi connectivity index (χ0v) is 20.2. The molecular formula is C29H33NO5. The van der Waals surface area contributed by atoms with Crippen molar-refractivity contribution in [2.75, 3.05) is 32.9 Å². The molecule has 6 nitrogen and oxygen atoms in total. The number of piperidine rings is 1. The molecule has 3 aromatic carbocycles. The largest absolute Gasteiger partial charge is 0.490 e. The highest BCUT2D eigenvalue weighted by Gasteiger charge is 2.25. The quantitative estimate of drug-likeness (QED) is 0.349. The van der Waals surface area contributed by atoms with E-state index in [2.05, 4.69) is 12.1 Å². The van der Waals surface area contributed by atoms with Gasteiger partial charge in [-0.1, -0.05) is 48.5 Å². The average molecular weight is 476 g/mol. The van der Waals surface area contributed by atoms with Gasteiger partial charge in [-0.25, -0.2) is 0 Å². The zero-order chi connectivity index (χ0) is 24.3. The Bertz CT molecular complexity index is 1050. The predicted molar refractivity (Wildman–Crippen MR) is 135 cm³/mol. The second-order valence-electron chi connectivity index (χ2n) is 8.39. The highest BCUT2D eigenvalue weighted by atomic mass is 16.5. The molecule has 3 aromatic rings. The SMILES string of the molecule is CCOc1cc(C(=O)N2CCC(OCc3ccccc3)CC2)ccc1OCCOc1ccccc1. The van der Waals surface area contributed by atoms with E-state index in [4.69, 9.17) is 18.9 Å². The van der Waals surface area contributed by atoms with Crippen LogP contribution in [0.2, 0.25) is 0 Å². The van der Waals surface area contributed by atoms with Crippen molar-refractivity contribution in [1.82, 2.24) is 4.90 Å². The first kappa shape index (κ1) is 24.6. The minimum absolute atomic E-state index is 0.00595. The molecule has 1 heterocycles. The number of rotatable bonds is 11. The Labute approximate surface area is 207 Å². The third-order valence-electron chi connectivity index (χ3n) is 5.90. The molecule has 1 saturated heterocycles. The number of hydrogen-bond acceptors (Lipinski definition) is 5. The minimum Gasteiger partial charge on any atom is -0.490 e. The summed E-state index contributed by atoms with van der Waals surface area (Å²) in [4.78, 5) is 15.0. The maximum atomic E-state index is 13.1. The van der Waals surface area contributed by atoms with Crippen LogP contribution in [0, 0.1) is 0 Å². The molecule has 0 aromatic heterocycles. The Morgan fingerprint density at radius 3 is 2.23 bits per heavy atom. The van der Waals surface area contributed by atoms with E-state index in [-0.39, 0.29) is 12.0 Å². The Morgan fingerprint density at radius 1 is 0.829 bits per heavy atom. The lowest BCUT2D eigenvalue weighted by Crippen LogP contribution is -2.40. The second kappa shape index (κ2) is 12.8. The molecule has 184 valence electrons. The third kappa shape index (κ3) is 7.23. The molecule has 0 atom stereocenters. The van der Waals surface area contributed by atoms with E-state index >= 15 is 0 Å². The van der Waals surface area contributed by atoms with E-state index < -0.39 is 0 Å². The first-order valence-corrected chi connectivity index (χ1v) is 12.2. The average Bonchev–Trinajstić information content (AvgIpc) is 2.92. The summed E-state index contributed by atoms with van der Waals surface area (Å²) in [6.07, 6.45) is 1.84. The third-order valence-corrected chi connectivity index (χ3v) is 5.90. The number of carbonyl (C=O) groups is 1. The van der Waals surface area contributed by atoms with Crippen molar-refractivity contribution in [3.8, 4) is 17.2 Å². The maximum absolute atomic E-state index is 13.1. The van der Waals surface area contributed by atoms with Crippen molar-refractivity contribution < 1.29 is 23.7 Å². The van der Waals surface area contributed by atoms with Gasteiger partial charge in [0.2, 0.25) is 0 Å². The summed E-state index contributed by atoms with van der Waals surface area (Å²) in [5, 5.41) is 0. The molecule has 0 radical (unpaired) electrons. The van der Waals surface area contributed by atoms with E-state index in [1.165, 1.54) is 5.56 Å². The summed E-state index contributed by atoms with van der Waals surface area (Å²) < 4.78 is 23.4. The second-order valence-corrected chi connectivity index (χ2v) is 8.39. The molecule has 0 unspecified atom stereocenters.